The lowest BCUT2D eigenvalue weighted by atomic mass is 10.1. The number of hydrogen-bond acceptors (Lipinski definition) is 6. The first-order chi connectivity index (χ1) is 26.0. The molecule has 280 valence electrons. The van der Waals surface area contributed by atoms with Crippen molar-refractivity contribution in [3.63, 3.8) is 0 Å². The summed E-state index contributed by atoms with van der Waals surface area (Å²) >= 11 is 10.0. The molecule has 0 atom stereocenters. The maximum atomic E-state index is 13.0. The van der Waals surface area contributed by atoms with Gasteiger partial charge in [0.25, 0.3) is 0 Å². The topological polar surface area (TPSA) is 64.1 Å². The number of alkyl halides is 3. The fraction of sp³-hybridized carbons (Fsp3) is 0.238. The molecular weight excluding hydrogens is 783 g/mol. The second kappa shape index (κ2) is 18.0. The molecule has 0 aliphatic carbocycles. The Morgan fingerprint density at radius 2 is 1.52 bits per heavy atom. The Morgan fingerprint density at radius 1 is 0.852 bits per heavy atom. The van der Waals surface area contributed by atoms with Crippen LogP contribution in [-0.4, -0.2) is 53.5 Å². The smallest absolute Gasteiger partial charge is 0.416 e. The SMILES string of the molecule is Cc1cc(/C=C/C(=O)N2CCN(Cc3ccc(CCOc4ccc(Br)cc4)cc3)CC2)cc(Cl)c1Oc1ccc(OCc2ccc(C(F)(F)F)cc2)cn1. The molecule has 1 fully saturated rings. The Kier molecular flexibility index (Phi) is 13.0. The molecule has 0 N–H and O–H groups in total. The zero-order chi connectivity index (χ0) is 38.1. The molecule has 12 heteroatoms. The van der Waals surface area contributed by atoms with Crippen LogP contribution in [0.2, 0.25) is 5.02 Å². The van der Waals surface area contributed by atoms with Crippen molar-refractivity contribution < 1.29 is 32.2 Å². The van der Waals surface area contributed by atoms with Gasteiger partial charge in [0, 0.05) is 55.8 Å². The van der Waals surface area contributed by atoms with E-state index in [-0.39, 0.29) is 18.4 Å². The van der Waals surface area contributed by atoms with E-state index in [0.717, 1.165) is 59.5 Å². The average Bonchev–Trinajstić information content (AvgIpc) is 3.16. The summed E-state index contributed by atoms with van der Waals surface area (Å²) in [7, 11) is 0. The summed E-state index contributed by atoms with van der Waals surface area (Å²) in [6, 6.07) is 28.2. The number of carbonyl (C=O) groups is 1. The number of nitrogens with zero attached hydrogens (tertiary/aromatic N) is 3. The first-order valence-corrected chi connectivity index (χ1v) is 18.5. The van der Waals surface area contributed by atoms with Crippen LogP contribution in [0.4, 0.5) is 13.2 Å². The summed E-state index contributed by atoms with van der Waals surface area (Å²) in [6.45, 7) is 6.26. The van der Waals surface area contributed by atoms with Crippen LogP contribution in [0.5, 0.6) is 23.1 Å². The largest absolute Gasteiger partial charge is 0.493 e. The number of benzene rings is 4. The lowest BCUT2D eigenvalue weighted by Crippen LogP contribution is -2.47. The summed E-state index contributed by atoms with van der Waals surface area (Å²) in [5.41, 5.74) is 3.87. The fourth-order valence-electron chi connectivity index (χ4n) is 5.84. The van der Waals surface area contributed by atoms with Crippen molar-refractivity contribution in [2.24, 2.45) is 0 Å². The van der Waals surface area contributed by atoms with Crippen LogP contribution >= 0.6 is 27.5 Å². The third-order valence-corrected chi connectivity index (χ3v) is 9.67. The summed E-state index contributed by atoms with van der Waals surface area (Å²) in [5.74, 6) is 1.95. The van der Waals surface area contributed by atoms with E-state index in [4.69, 9.17) is 25.8 Å². The minimum absolute atomic E-state index is 0.0525. The standard InChI is InChI=1S/C42H38BrClF3N3O4/c1-29-24-33(25-38(44)41(29)54-39-16-15-37(26-48-39)53-28-32-6-9-34(10-7-32)42(45,46)47)8-17-40(51)50-21-19-49(20-22-50)27-31-4-2-30(3-5-31)18-23-52-36-13-11-35(43)12-14-36/h2-17,24-26H,18-23,27-28H2,1H3/b17-8+. The normalized spacial score (nSPS) is 13.6. The van der Waals surface area contributed by atoms with E-state index in [1.165, 1.54) is 29.5 Å². The lowest BCUT2D eigenvalue weighted by molar-refractivity contribution is -0.137. The van der Waals surface area contributed by atoms with Gasteiger partial charge < -0.3 is 19.1 Å². The molecule has 0 bridgehead atoms. The van der Waals surface area contributed by atoms with Gasteiger partial charge in [-0.05, 0) is 95.4 Å². The molecule has 0 spiro atoms. The van der Waals surface area contributed by atoms with Gasteiger partial charge in [-0.3, -0.25) is 9.69 Å². The zero-order valence-electron chi connectivity index (χ0n) is 29.5. The van der Waals surface area contributed by atoms with Gasteiger partial charge in [0.2, 0.25) is 11.8 Å². The van der Waals surface area contributed by atoms with Crippen LogP contribution in [0, 0.1) is 6.92 Å². The minimum atomic E-state index is -4.39. The number of carbonyl (C=O) groups excluding carboxylic acids is 1. The predicted octanol–water partition coefficient (Wildman–Crippen LogP) is 10.2. The molecule has 1 aliphatic rings. The zero-order valence-corrected chi connectivity index (χ0v) is 31.8. The van der Waals surface area contributed by atoms with Gasteiger partial charge >= 0.3 is 6.18 Å². The number of amides is 1. The summed E-state index contributed by atoms with van der Waals surface area (Å²) in [5, 5.41) is 0.363. The van der Waals surface area contributed by atoms with Crippen molar-refractivity contribution in [1.29, 1.82) is 0 Å². The van der Waals surface area contributed by atoms with Crippen LogP contribution in [0.3, 0.4) is 0 Å². The van der Waals surface area contributed by atoms with E-state index in [9.17, 15) is 18.0 Å². The molecule has 2 heterocycles. The molecule has 1 saturated heterocycles. The molecule has 1 aliphatic heterocycles. The first kappa shape index (κ1) is 38.9. The van der Waals surface area contributed by atoms with E-state index < -0.39 is 11.7 Å². The number of halogens is 5. The fourth-order valence-corrected chi connectivity index (χ4v) is 6.42. The Hall–Kier alpha value is -4.84. The highest BCUT2D eigenvalue weighted by Crippen LogP contribution is 2.34. The van der Waals surface area contributed by atoms with Crippen molar-refractivity contribution >= 4 is 39.5 Å². The number of aromatic nitrogens is 1. The van der Waals surface area contributed by atoms with Gasteiger partial charge in [0.1, 0.15) is 18.1 Å². The molecule has 0 unspecified atom stereocenters. The quantitative estimate of drug-likeness (QED) is 0.110. The highest BCUT2D eigenvalue weighted by molar-refractivity contribution is 9.10. The van der Waals surface area contributed by atoms with Gasteiger partial charge in [-0.25, -0.2) is 4.98 Å². The van der Waals surface area contributed by atoms with Gasteiger partial charge in [-0.2, -0.15) is 13.2 Å². The highest BCUT2D eigenvalue weighted by Gasteiger charge is 2.30. The Morgan fingerprint density at radius 3 is 2.17 bits per heavy atom. The third-order valence-electron chi connectivity index (χ3n) is 8.86. The van der Waals surface area contributed by atoms with Crippen molar-refractivity contribution in [2.75, 3.05) is 32.8 Å². The van der Waals surface area contributed by atoms with E-state index in [2.05, 4.69) is 50.1 Å². The van der Waals surface area contributed by atoms with Crippen LogP contribution in [0.15, 0.2) is 114 Å². The minimum Gasteiger partial charge on any atom is -0.493 e. The van der Waals surface area contributed by atoms with Crippen LogP contribution in [0.25, 0.3) is 6.08 Å². The molecule has 1 amide bonds. The number of ether oxygens (including phenoxy) is 3. The molecule has 54 heavy (non-hydrogen) atoms. The summed E-state index contributed by atoms with van der Waals surface area (Å²) in [6.07, 6.45) is 1.24. The van der Waals surface area contributed by atoms with Crippen LogP contribution < -0.4 is 14.2 Å². The van der Waals surface area contributed by atoms with Crippen molar-refractivity contribution in [3.05, 3.63) is 152 Å². The van der Waals surface area contributed by atoms with E-state index in [1.54, 1.807) is 30.4 Å². The maximum Gasteiger partial charge on any atom is 0.416 e. The molecular formula is C42H38BrClF3N3O4. The number of aryl methyl sites for hydroxylation is 1. The summed E-state index contributed by atoms with van der Waals surface area (Å²) in [4.78, 5) is 21.5. The monoisotopic (exact) mass is 819 g/mol. The number of piperazine rings is 1. The van der Waals surface area contributed by atoms with Crippen molar-refractivity contribution in [3.8, 4) is 23.1 Å². The molecule has 6 rings (SSSR count). The molecule has 5 aromatic rings. The van der Waals surface area contributed by atoms with E-state index >= 15 is 0 Å². The molecule has 7 nitrogen and oxygen atoms in total. The van der Waals surface area contributed by atoms with Gasteiger partial charge in [0.05, 0.1) is 23.4 Å². The number of rotatable bonds is 13. The second-order valence-corrected chi connectivity index (χ2v) is 14.2. The van der Waals surface area contributed by atoms with Gasteiger partial charge in [-0.1, -0.05) is 63.9 Å². The average molecular weight is 821 g/mol. The van der Waals surface area contributed by atoms with E-state index in [0.29, 0.717) is 41.8 Å². The number of pyridine rings is 1. The Labute approximate surface area is 326 Å². The van der Waals surface area contributed by atoms with Gasteiger partial charge in [0.15, 0.2) is 5.75 Å². The van der Waals surface area contributed by atoms with Crippen LogP contribution in [-0.2, 0) is 30.5 Å². The molecule has 0 saturated carbocycles. The van der Waals surface area contributed by atoms with Gasteiger partial charge in [-0.15, -0.1) is 0 Å². The Balaban J connectivity index is 0.929. The van der Waals surface area contributed by atoms with E-state index in [1.807, 2.05) is 42.2 Å². The Bertz CT molecular complexity index is 2010. The molecule has 1 aromatic heterocycles. The van der Waals surface area contributed by atoms with Crippen molar-refractivity contribution in [2.45, 2.75) is 32.7 Å². The van der Waals surface area contributed by atoms with Crippen LogP contribution in [0.1, 0.15) is 33.4 Å². The summed E-state index contributed by atoms with van der Waals surface area (Å²) < 4.78 is 56.9. The second-order valence-electron chi connectivity index (χ2n) is 12.9. The number of hydrogen-bond donors (Lipinski definition) is 0. The highest BCUT2D eigenvalue weighted by atomic mass is 79.9. The predicted molar refractivity (Wildman–Crippen MR) is 207 cm³/mol. The third kappa shape index (κ3) is 11.1. The molecule has 4 aromatic carbocycles. The maximum absolute atomic E-state index is 13.0. The lowest BCUT2D eigenvalue weighted by Gasteiger charge is -2.34. The van der Waals surface area contributed by atoms with Crippen molar-refractivity contribution in [1.82, 2.24) is 14.8 Å². The molecule has 0 radical (unpaired) electrons. The first-order valence-electron chi connectivity index (χ1n) is 17.4.